The molecule has 0 spiro atoms. The van der Waals surface area contributed by atoms with Crippen LogP contribution in [0.1, 0.15) is 24.8 Å². The van der Waals surface area contributed by atoms with E-state index >= 15 is 0 Å². The van der Waals surface area contributed by atoms with E-state index in [1.165, 1.54) is 6.21 Å². The van der Waals surface area contributed by atoms with Crippen molar-refractivity contribution in [2.45, 2.75) is 25.4 Å². The molecule has 1 heterocycles. The van der Waals surface area contributed by atoms with Gasteiger partial charge in [0, 0.05) is 36.9 Å². The monoisotopic (exact) mass is 365 g/mol. The lowest BCUT2D eigenvalue weighted by Gasteiger charge is -2.24. The minimum Gasteiger partial charge on any atom is -0.483 e. The predicted molar refractivity (Wildman–Crippen MR) is 103 cm³/mol. The summed E-state index contributed by atoms with van der Waals surface area (Å²) < 4.78 is 11.4. The van der Waals surface area contributed by atoms with Crippen LogP contribution in [0.3, 0.4) is 0 Å². The highest BCUT2D eigenvalue weighted by atomic mass is 16.5. The Morgan fingerprint density at radius 2 is 2.15 bits per heavy atom. The summed E-state index contributed by atoms with van der Waals surface area (Å²) in [6.07, 6.45) is 3.58. The molecule has 2 aromatic rings. The number of nitriles is 1. The smallest absolute Gasteiger partial charge is 0.260 e. The molecule has 1 fully saturated rings. The molecular formula is C21H23N3O3. The van der Waals surface area contributed by atoms with Gasteiger partial charge in [-0.15, -0.1) is 0 Å². The molecule has 1 atom stereocenters. The number of rotatable bonds is 8. The second kappa shape index (κ2) is 9.15. The van der Waals surface area contributed by atoms with Gasteiger partial charge in [0.1, 0.15) is 5.75 Å². The average Bonchev–Trinajstić information content (AvgIpc) is 3.22. The number of hydrogen-bond donors (Lipinski definition) is 1. The van der Waals surface area contributed by atoms with Crippen LogP contribution in [0.2, 0.25) is 0 Å². The summed E-state index contributed by atoms with van der Waals surface area (Å²) in [5.41, 5.74) is 0.804. The summed E-state index contributed by atoms with van der Waals surface area (Å²) in [5, 5.41) is 18.2. The Hall–Kier alpha value is -2.91. The number of nitrogens with one attached hydrogen (secondary N) is 1. The summed E-state index contributed by atoms with van der Waals surface area (Å²) in [5.74, 6) is 0.461. The quantitative estimate of drug-likeness (QED) is 0.728. The lowest BCUT2D eigenvalue weighted by Crippen LogP contribution is -2.40. The molecule has 6 nitrogen and oxygen atoms in total. The van der Waals surface area contributed by atoms with Crippen LogP contribution < -0.4 is 4.74 Å². The highest BCUT2D eigenvalue weighted by Crippen LogP contribution is 2.28. The number of ether oxygens (including phenoxy) is 2. The van der Waals surface area contributed by atoms with E-state index in [0.29, 0.717) is 18.8 Å². The Morgan fingerprint density at radius 1 is 1.33 bits per heavy atom. The molecule has 1 saturated heterocycles. The molecule has 0 radical (unpaired) electrons. The topological polar surface area (TPSA) is 86.4 Å². The number of fused-ring (bicyclic) bond motifs is 1. The number of hydrogen-bond acceptors (Lipinski definition) is 5. The fourth-order valence-electron chi connectivity index (χ4n) is 3.31. The Balaban J connectivity index is 1.70. The molecule has 140 valence electrons. The van der Waals surface area contributed by atoms with Crippen molar-refractivity contribution in [3.8, 4) is 11.8 Å². The molecule has 1 aliphatic heterocycles. The van der Waals surface area contributed by atoms with E-state index in [0.717, 1.165) is 35.8 Å². The SMILES string of the molecule is N#CCCN(CC1CCCO1)C(=O)COc1ccc(C=N)c2ccccc12. The van der Waals surface area contributed by atoms with Gasteiger partial charge in [0.05, 0.1) is 18.6 Å². The second-order valence-electron chi connectivity index (χ2n) is 6.51. The zero-order valence-corrected chi connectivity index (χ0v) is 15.2. The van der Waals surface area contributed by atoms with Gasteiger partial charge in [-0.3, -0.25) is 4.79 Å². The number of carbonyl (C=O) groups excluding carboxylic acids is 1. The first-order chi connectivity index (χ1) is 13.2. The first kappa shape index (κ1) is 18.9. The largest absolute Gasteiger partial charge is 0.483 e. The van der Waals surface area contributed by atoms with Gasteiger partial charge in [-0.25, -0.2) is 0 Å². The fourth-order valence-corrected chi connectivity index (χ4v) is 3.31. The third kappa shape index (κ3) is 4.63. The van der Waals surface area contributed by atoms with Gasteiger partial charge in [-0.1, -0.05) is 24.3 Å². The molecule has 27 heavy (non-hydrogen) atoms. The molecule has 1 unspecified atom stereocenters. The Kier molecular flexibility index (Phi) is 6.39. The van der Waals surface area contributed by atoms with Gasteiger partial charge in [0.2, 0.25) is 0 Å². The van der Waals surface area contributed by atoms with Crippen LogP contribution in [0.4, 0.5) is 0 Å². The van der Waals surface area contributed by atoms with Crippen LogP contribution in [-0.4, -0.2) is 49.4 Å². The molecular weight excluding hydrogens is 342 g/mol. The van der Waals surface area contributed by atoms with Gasteiger partial charge in [-0.2, -0.15) is 5.26 Å². The van der Waals surface area contributed by atoms with Crippen molar-refractivity contribution in [1.82, 2.24) is 4.90 Å². The van der Waals surface area contributed by atoms with Crippen LogP contribution in [0.15, 0.2) is 36.4 Å². The van der Waals surface area contributed by atoms with Crippen LogP contribution in [0, 0.1) is 16.7 Å². The van der Waals surface area contributed by atoms with Crippen molar-refractivity contribution >= 4 is 22.9 Å². The number of benzene rings is 2. The van der Waals surface area contributed by atoms with E-state index in [4.69, 9.17) is 20.1 Å². The van der Waals surface area contributed by atoms with Crippen LogP contribution in [0.25, 0.3) is 10.8 Å². The molecule has 3 rings (SSSR count). The van der Waals surface area contributed by atoms with E-state index in [1.54, 1.807) is 11.0 Å². The van der Waals surface area contributed by atoms with Crippen LogP contribution >= 0.6 is 0 Å². The Morgan fingerprint density at radius 3 is 2.85 bits per heavy atom. The van der Waals surface area contributed by atoms with Gasteiger partial charge < -0.3 is 19.8 Å². The molecule has 6 heteroatoms. The Bertz CT molecular complexity index is 853. The maximum atomic E-state index is 12.7. The van der Waals surface area contributed by atoms with Gasteiger partial charge >= 0.3 is 0 Å². The number of nitrogens with zero attached hydrogens (tertiary/aromatic N) is 2. The molecule has 1 amide bonds. The lowest BCUT2D eigenvalue weighted by atomic mass is 10.0. The molecule has 1 aliphatic rings. The molecule has 0 bridgehead atoms. The van der Waals surface area contributed by atoms with E-state index in [9.17, 15) is 4.79 Å². The summed E-state index contributed by atoms with van der Waals surface area (Å²) in [6.45, 7) is 1.52. The minimum atomic E-state index is -0.152. The second-order valence-corrected chi connectivity index (χ2v) is 6.51. The fraction of sp³-hybridized carbons (Fsp3) is 0.381. The summed E-state index contributed by atoms with van der Waals surface area (Å²) >= 11 is 0. The van der Waals surface area contributed by atoms with E-state index < -0.39 is 0 Å². The molecule has 2 aromatic carbocycles. The van der Waals surface area contributed by atoms with Gasteiger partial charge in [0.25, 0.3) is 5.91 Å². The minimum absolute atomic E-state index is 0.0420. The molecule has 0 aliphatic carbocycles. The maximum absolute atomic E-state index is 12.7. The van der Waals surface area contributed by atoms with E-state index in [-0.39, 0.29) is 25.0 Å². The zero-order chi connectivity index (χ0) is 19.1. The van der Waals surface area contributed by atoms with Crippen molar-refractivity contribution < 1.29 is 14.3 Å². The van der Waals surface area contributed by atoms with E-state index in [1.807, 2.05) is 30.3 Å². The molecule has 1 N–H and O–H groups in total. The number of carbonyl (C=O) groups is 1. The summed E-state index contributed by atoms with van der Waals surface area (Å²) in [4.78, 5) is 14.3. The third-order valence-corrected chi connectivity index (χ3v) is 4.72. The molecule has 0 aromatic heterocycles. The normalized spacial score (nSPS) is 16.0. The zero-order valence-electron chi connectivity index (χ0n) is 15.2. The van der Waals surface area contributed by atoms with Crippen molar-refractivity contribution in [3.05, 3.63) is 42.0 Å². The highest BCUT2D eigenvalue weighted by Gasteiger charge is 2.23. The summed E-state index contributed by atoms with van der Waals surface area (Å²) in [6, 6.07) is 13.4. The standard InChI is InChI=1S/C21H23N3O3/c22-10-4-11-24(14-17-5-3-12-26-17)21(25)15-27-20-9-8-16(13-23)18-6-1-2-7-19(18)20/h1-2,6-9,13,17,23H,3-5,11-12,14-15H2. The first-order valence-corrected chi connectivity index (χ1v) is 9.14. The first-order valence-electron chi connectivity index (χ1n) is 9.14. The number of amides is 1. The van der Waals surface area contributed by atoms with Crippen LogP contribution in [0.5, 0.6) is 5.75 Å². The van der Waals surface area contributed by atoms with Crippen molar-refractivity contribution in [1.29, 1.82) is 10.7 Å². The average molecular weight is 365 g/mol. The highest BCUT2D eigenvalue weighted by molar-refractivity contribution is 6.01. The predicted octanol–water partition coefficient (Wildman–Crippen LogP) is 3.14. The van der Waals surface area contributed by atoms with Gasteiger partial charge in [-0.05, 0) is 30.4 Å². The van der Waals surface area contributed by atoms with Crippen LogP contribution in [-0.2, 0) is 9.53 Å². The van der Waals surface area contributed by atoms with Crippen molar-refractivity contribution in [3.63, 3.8) is 0 Å². The van der Waals surface area contributed by atoms with E-state index in [2.05, 4.69) is 6.07 Å². The summed E-state index contributed by atoms with van der Waals surface area (Å²) in [7, 11) is 0. The molecule has 0 saturated carbocycles. The Labute approximate surface area is 158 Å². The van der Waals surface area contributed by atoms with Crippen molar-refractivity contribution in [2.75, 3.05) is 26.3 Å². The third-order valence-electron chi connectivity index (χ3n) is 4.72. The lowest BCUT2D eigenvalue weighted by molar-refractivity contribution is -0.134. The van der Waals surface area contributed by atoms with Gasteiger partial charge in [0.15, 0.2) is 6.61 Å². The maximum Gasteiger partial charge on any atom is 0.260 e. The van der Waals surface area contributed by atoms with Crippen molar-refractivity contribution in [2.24, 2.45) is 0 Å².